The number of aromatic nitrogens is 3. The van der Waals surface area contributed by atoms with E-state index in [1.807, 2.05) is 30.3 Å². The molecular formula is C54H35N3O. The van der Waals surface area contributed by atoms with Crippen molar-refractivity contribution < 1.29 is 4.74 Å². The Kier molecular flexibility index (Phi) is 7.20. The van der Waals surface area contributed by atoms with Crippen LogP contribution in [0.3, 0.4) is 0 Å². The molecule has 12 aromatic rings. The van der Waals surface area contributed by atoms with Crippen molar-refractivity contribution in [3.05, 3.63) is 212 Å². The summed E-state index contributed by atoms with van der Waals surface area (Å²) in [5.74, 6) is 1.63. The Morgan fingerprint density at radius 2 is 0.638 bits per heavy atom. The van der Waals surface area contributed by atoms with Gasteiger partial charge in [-0.3, -0.25) is 0 Å². The molecule has 4 heteroatoms. The second kappa shape index (κ2) is 12.9. The summed E-state index contributed by atoms with van der Waals surface area (Å²) in [7, 11) is 0. The maximum atomic E-state index is 6.15. The molecule has 0 amide bonds. The molecule has 0 radical (unpaired) electrons. The Bertz CT molecular complexity index is 3520. The van der Waals surface area contributed by atoms with Crippen molar-refractivity contribution in [2.24, 2.45) is 0 Å². The standard InChI is InChI=1S/C54H35N3O/c1-3-13-38(14-4-1)55-51-22-12-9-19-45(51)48-35-40(27-32-52(48)55)57-50-21-11-8-18-44(50)47-31-24-37(34-54(47)57)36-23-30-46-43-17-7-10-20-49(43)56(53(46)33-36)39-25-28-42(29-26-39)58-41-15-5-2-6-16-41/h1-35H. The van der Waals surface area contributed by atoms with Crippen LogP contribution in [-0.4, -0.2) is 13.7 Å². The molecule has 0 saturated heterocycles. The van der Waals surface area contributed by atoms with Gasteiger partial charge in [0.2, 0.25) is 0 Å². The fourth-order valence-corrected chi connectivity index (χ4v) is 9.10. The molecule has 0 saturated carbocycles. The Hall–Kier alpha value is -7.82. The fourth-order valence-electron chi connectivity index (χ4n) is 9.10. The molecule has 0 aliphatic carbocycles. The van der Waals surface area contributed by atoms with E-state index in [4.69, 9.17) is 4.74 Å². The summed E-state index contributed by atoms with van der Waals surface area (Å²) in [6, 6.07) is 76.0. The number of rotatable bonds is 6. The zero-order valence-corrected chi connectivity index (χ0v) is 31.5. The van der Waals surface area contributed by atoms with Crippen LogP contribution in [0.1, 0.15) is 0 Å². The van der Waals surface area contributed by atoms with Gasteiger partial charge < -0.3 is 18.4 Å². The average Bonchev–Trinajstić information content (AvgIpc) is 3.92. The largest absolute Gasteiger partial charge is 0.457 e. The molecule has 58 heavy (non-hydrogen) atoms. The molecule has 0 spiro atoms. The summed E-state index contributed by atoms with van der Waals surface area (Å²) in [5, 5.41) is 7.41. The van der Waals surface area contributed by atoms with Crippen molar-refractivity contribution in [3.8, 4) is 39.7 Å². The van der Waals surface area contributed by atoms with Crippen molar-refractivity contribution in [1.82, 2.24) is 13.7 Å². The third-order valence-corrected chi connectivity index (χ3v) is 11.7. The van der Waals surface area contributed by atoms with E-state index in [2.05, 4.69) is 196 Å². The van der Waals surface area contributed by atoms with Crippen LogP contribution in [0.4, 0.5) is 0 Å². The molecule has 3 heterocycles. The van der Waals surface area contributed by atoms with E-state index in [0.717, 1.165) is 34.1 Å². The van der Waals surface area contributed by atoms with Crippen molar-refractivity contribution >= 4 is 65.4 Å². The van der Waals surface area contributed by atoms with E-state index >= 15 is 0 Å². The lowest BCUT2D eigenvalue weighted by molar-refractivity contribution is 0.482. The zero-order chi connectivity index (χ0) is 38.2. The highest BCUT2D eigenvalue weighted by molar-refractivity contribution is 6.14. The van der Waals surface area contributed by atoms with Crippen LogP contribution < -0.4 is 4.74 Å². The molecule has 0 bridgehead atoms. The third kappa shape index (κ3) is 5.02. The Morgan fingerprint density at radius 1 is 0.241 bits per heavy atom. The van der Waals surface area contributed by atoms with E-state index < -0.39 is 0 Å². The first-order valence-corrected chi connectivity index (χ1v) is 19.8. The number of para-hydroxylation sites is 5. The lowest BCUT2D eigenvalue weighted by Gasteiger charge is -2.12. The third-order valence-electron chi connectivity index (χ3n) is 11.7. The first-order valence-electron chi connectivity index (χ1n) is 19.8. The molecular weight excluding hydrogens is 707 g/mol. The van der Waals surface area contributed by atoms with Crippen molar-refractivity contribution in [3.63, 3.8) is 0 Å². The summed E-state index contributed by atoms with van der Waals surface area (Å²) in [6.45, 7) is 0. The zero-order valence-electron chi connectivity index (χ0n) is 31.5. The summed E-state index contributed by atoms with van der Waals surface area (Å²) in [6.07, 6.45) is 0. The van der Waals surface area contributed by atoms with Crippen LogP contribution in [0, 0.1) is 0 Å². The van der Waals surface area contributed by atoms with Crippen LogP contribution in [0.2, 0.25) is 0 Å². The first kappa shape index (κ1) is 32.4. The second-order valence-corrected chi connectivity index (χ2v) is 15.0. The summed E-state index contributed by atoms with van der Waals surface area (Å²) < 4.78 is 13.3. The number of fused-ring (bicyclic) bond motifs is 9. The smallest absolute Gasteiger partial charge is 0.127 e. The highest BCUT2D eigenvalue weighted by atomic mass is 16.5. The van der Waals surface area contributed by atoms with Crippen molar-refractivity contribution in [2.45, 2.75) is 0 Å². The molecule has 4 nitrogen and oxygen atoms in total. The maximum Gasteiger partial charge on any atom is 0.127 e. The monoisotopic (exact) mass is 741 g/mol. The van der Waals surface area contributed by atoms with Gasteiger partial charge in [0.25, 0.3) is 0 Å². The summed E-state index contributed by atoms with van der Waals surface area (Å²) >= 11 is 0. The highest BCUT2D eigenvalue weighted by Gasteiger charge is 2.18. The van der Waals surface area contributed by atoms with Gasteiger partial charge in [0.15, 0.2) is 0 Å². The molecule has 0 aliphatic rings. The minimum Gasteiger partial charge on any atom is -0.457 e. The number of nitrogens with zero attached hydrogens (tertiary/aromatic N) is 3. The quantitative estimate of drug-likeness (QED) is 0.166. The van der Waals surface area contributed by atoms with Crippen molar-refractivity contribution in [2.75, 3.05) is 0 Å². The number of hydrogen-bond acceptors (Lipinski definition) is 1. The molecule has 272 valence electrons. The highest BCUT2D eigenvalue weighted by Crippen LogP contribution is 2.40. The average molecular weight is 742 g/mol. The molecule has 12 rings (SSSR count). The normalized spacial score (nSPS) is 11.8. The van der Waals surface area contributed by atoms with Crippen LogP contribution in [0.5, 0.6) is 11.5 Å². The van der Waals surface area contributed by atoms with Gasteiger partial charge in [0.05, 0.1) is 33.1 Å². The summed E-state index contributed by atoms with van der Waals surface area (Å²) in [5.41, 5.74) is 12.8. The number of ether oxygens (including phenoxy) is 1. The molecule has 0 fully saturated rings. The lowest BCUT2D eigenvalue weighted by atomic mass is 10.0. The maximum absolute atomic E-state index is 6.15. The summed E-state index contributed by atoms with van der Waals surface area (Å²) in [4.78, 5) is 0. The van der Waals surface area contributed by atoms with Crippen LogP contribution in [0.15, 0.2) is 212 Å². The van der Waals surface area contributed by atoms with Gasteiger partial charge in [-0.15, -0.1) is 0 Å². The van der Waals surface area contributed by atoms with Gasteiger partial charge in [0.1, 0.15) is 11.5 Å². The minimum atomic E-state index is 0.807. The van der Waals surface area contributed by atoms with Crippen molar-refractivity contribution in [1.29, 1.82) is 0 Å². The molecule has 0 N–H and O–H groups in total. The second-order valence-electron chi connectivity index (χ2n) is 15.0. The van der Waals surface area contributed by atoms with Gasteiger partial charge in [-0.2, -0.15) is 0 Å². The number of hydrogen-bond donors (Lipinski definition) is 0. The fraction of sp³-hybridized carbons (Fsp3) is 0. The number of benzene rings is 9. The molecule has 0 unspecified atom stereocenters. The van der Waals surface area contributed by atoms with E-state index in [-0.39, 0.29) is 0 Å². The topological polar surface area (TPSA) is 24.0 Å². The van der Waals surface area contributed by atoms with Crippen LogP contribution in [0.25, 0.3) is 93.6 Å². The predicted octanol–water partition coefficient (Wildman–Crippen LogP) is 14.4. The molecule has 0 atom stereocenters. The van der Waals surface area contributed by atoms with E-state index in [1.165, 1.54) is 71.0 Å². The van der Waals surface area contributed by atoms with Crippen LogP contribution in [-0.2, 0) is 0 Å². The predicted molar refractivity (Wildman–Crippen MR) is 241 cm³/mol. The Labute approximate surface area is 334 Å². The van der Waals surface area contributed by atoms with Gasteiger partial charge in [0, 0.05) is 49.4 Å². The van der Waals surface area contributed by atoms with E-state index in [9.17, 15) is 0 Å². The van der Waals surface area contributed by atoms with E-state index in [0.29, 0.717) is 0 Å². The minimum absolute atomic E-state index is 0.807. The lowest BCUT2D eigenvalue weighted by Crippen LogP contribution is -1.96. The van der Waals surface area contributed by atoms with Gasteiger partial charge in [-0.25, -0.2) is 0 Å². The van der Waals surface area contributed by atoms with Crippen LogP contribution >= 0.6 is 0 Å². The molecule has 3 aromatic heterocycles. The Morgan fingerprint density at radius 3 is 1.22 bits per heavy atom. The van der Waals surface area contributed by atoms with Gasteiger partial charge in [-0.1, -0.05) is 115 Å². The Balaban J connectivity index is 1.02. The van der Waals surface area contributed by atoms with Gasteiger partial charge in [-0.05, 0) is 108 Å². The molecule has 9 aromatic carbocycles. The first-order chi connectivity index (χ1) is 28.8. The SMILES string of the molecule is c1ccc(Oc2ccc(-n3c4ccccc4c4ccc(-c5ccc6c7ccccc7n(-c7ccc8c(c7)c7ccccc7n8-c7ccccc7)c6c5)cc43)cc2)cc1. The van der Waals surface area contributed by atoms with Gasteiger partial charge >= 0.3 is 0 Å². The molecule has 0 aliphatic heterocycles. The van der Waals surface area contributed by atoms with E-state index in [1.54, 1.807) is 0 Å².